The third-order valence-electron chi connectivity index (χ3n) is 1.84. The van der Waals surface area contributed by atoms with Gasteiger partial charge >= 0.3 is 5.00 Å². The van der Waals surface area contributed by atoms with Crippen molar-refractivity contribution in [2.24, 2.45) is 0 Å². The van der Waals surface area contributed by atoms with E-state index in [9.17, 15) is 10.1 Å². The highest BCUT2D eigenvalue weighted by atomic mass is 32.1. The van der Waals surface area contributed by atoms with Crippen molar-refractivity contribution < 1.29 is 4.92 Å². The fraction of sp³-hybridized carbons (Fsp3) is 0. The topological polar surface area (TPSA) is 68.9 Å². The van der Waals surface area contributed by atoms with Crippen molar-refractivity contribution in [2.45, 2.75) is 0 Å². The molecule has 0 bridgehead atoms. The molecule has 0 spiro atoms. The van der Waals surface area contributed by atoms with E-state index in [1.54, 1.807) is 18.5 Å². The highest BCUT2D eigenvalue weighted by Crippen LogP contribution is 2.25. The minimum atomic E-state index is -0.393. The summed E-state index contributed by atoms with van der Waals surface area (Å²) in [6, 6.07) is 5.02. The SMILES string of the molecule is O=[N+]([O-])c1ccc(/C=C/c2ccnnc2)s1. The van der Waals surface area contributed by atoms with Gasteiger partial charge < -0.3 is 0 Å². The van der Waals surface area contributed by atoms with Gasteiger partial charge in [0.2, 0.25) is 0 Å². The number of nitrogens with zero attached hydrogens (tertiary/aromatic N) is 3. The lowest BCUT2D eigenvalue weighted by molar-refractivity contribution is -0.380. The molecule has 2 aromatic heterocycles. The largest absolute Gasteiger partial charge is 0.324 e. The van der Waals surface area contributed by atoms with E-state index in [1.807, 2.05) is 18.2 Å². The summed E-state index contributed by atoms with van der Waals surface area (Å²) in [5.74, 6) is 0. The molecule has 0 fully saturated rings. The van der Waals surface area contributed by atoms with E-state index in [0.29, 0.717) is 0 Å². The molecule has 0 saturated carbocycles. The molecule has 2 aromatic rings. The maximum Gasteiger partial charge on any atom is 0.324 e. The number of aromatic nitrogens is 2. The average molecular weight is 233 g/mol. The first-order chi connectivity index (χ1) is 7.75. The van der Waals surface area contributed by atoms with Crippen LogP contribution >= 0.6 is 11.3 Å². The van der Waals surface area contributed by atoms with Crippen LogP contribution in [0.5, 0.6) is 0 Å². The van der Waals surface area contributed by atoms with Crippen LogP contribution in [-0.2, 0) is 0 Å². The van der Waals surface area contributed by atoms with Crippen LogP contribution in [0.25, 0.3) is 12.2 Å². The van der Waals surface area contributed by atoms with Gasteiger partial charge in [-0.2, -0.15) is 10.2 Å². The molecular weight excluding hydrogens is 226 g/mol. The Bertz CT molecular complexity index is 522. The summed E-state index contributed by atoms with van der Waals surface area (Å²) in [5.41, 5.74) is 0.908. The molecule has 0 radical (unpaired) electrons. The minimum absolute atomic E-state index is 0.146. The molecule has 2 heterocycles. The van der Waals surface area contributed by atoms with Gasteiger partial charge in [-0.1, -0.05) is 17.4 Å². The summed E-state index contributed by atoms with van der Waals surface area (Å²) in [6.45, 7) is 0. The first-order valence-corrected chi connectivity index (χ1v) is 5.26. The lowest BCUT2D eigenvalue weighted by Crippen LogP contribution is -1.80. The number of hydrogen-bond donors (Lipinski definition) is 0. The van der Waals surface area contributed by atoms with E-state index in [4.69, 9.17) is 0 Å². The second kappa shape index (κ2) is 4.63. The van der Waals surface area contributed by atoms with Crippen molar-refractivity contribution >= 4 is 28.5 Å². The van der Waals surface area contributed by atoms with Crippen LogP contribution < -0.4 is 0 Å². The van der Waals surface area contributed by atoms with Crippen LogP contribution in [0.1, 0.15) is 10.4 Å². The average Bonchev–Trinajstić information content (AvgIpc) is 2.76. The van der Waals surface area contributed by atoms with E-state index in [-0.39, 0.29) is 5.00 Å². The molecule has 0 aliphatic rings. The van der Waals surface area contributed by atoms with Crippen LogP contribution in [0, 0.1) is 10.1 Å². The minimum Gasteiger partial charge on any atom is -0.258 e. The van der Waals surface area contributed by atoms with Crippen molar-refractivity contribution in [2.75, 3.05) is 0 Å². The van der Waals surface area contributed by atoms with Gasteiger partial charge in [0.15, 0.2) is 0 Å². The zero-order chi connectivity index (χ0) is 11.4. The van der Waals surface area contributed by atoms with Crippen LogP contribution in [0.15, 0.2) is 30.6 Å². The van der Waals surface area contributed by atoms with Gasteiger partial charge in [0, 0.05) is 10.9 Å². The Hall–Kier alpha value is -2.08. The molecule has 0 aliphatic heterocycles. The summed E-state index contributed by atoms with van der Waals surface area (Å²) in [7, 11) is 0. The molecule has 0 aliphatic carbocycles. The van der Waals surface area contributed by atoms with Crippen LogP contribution in [-0.4, -0.2) is 15.1 Å². The summed E-state index contributed by atoms with van der Waals surface area (Å²) in [5, 5.41) is 18.0. The van der Waals surface area contributed by atoms with Gasteiger partial charge in [-0.25, -0.2) is 0 Å². The van der Waals surface area contributed by atoms with E-state index in [0.717, 1.165) is 21.8 Å². The first-order valence-electron chi connectivity index (χ1n) is 4.45. The third kappa shape index (κ3) is 2.48. The molecule has 0 amide bonds. The highest BCUT2D eigenvalue weighted by molar-refractivity contribution is 7.16. The summed E-state index contributed by atoms with van der Waals surface area (Å²) in [6.07, 6.45) is 6.87. The van der Waals surface area contributed by atoms with Crippen LogP contribution in [0.3, 0.4) is 0 Å². The summed E-state index contributed by atoms with van der Waals surface area (Å²) < 4.78 is 0. The maximum atomic E-state index is 10.5. The molecule has 0 unspecified atom stereocenters. The zero-order valence-electron chi connectivity index (χ0n) is 8.11. The monoisotopic (exact) mass is 233 g/mol. The van der Waals surface area contributed by atoms with Crippen molar-refractivity contribution in [3.05, 3.63) is 51.1 Å². The summed E-state index contributed by atoms with van der Waals surface area (Å²) >= 11 is 1.14. The molecule has 0 N–H and O–H groups in total. The lowest BCUT2D eigenvalue weighted by atomic mass is 10.3. The Balaban J connectivity index is 2.15. The Labute approximate surface area is 95.2 Å². The zero-order valence-corrected chi connectivity index (χ0v) is 8.92. The molecule has 2 rings (SSSR count). The fourth-order valence-electron chi connectivity index (χ4n) is 1.11. The van der Waals surface area contributed by atoms with Crippen molar-refractivity contribution in [1.29, 1.82) is 0 Å². The van der Waals surface area contributed by atoms with E-state index < -0.39 is 4.92 Å². The predicted octanol–water partition coefficient (Wildman–Crippen LogP) is 2.62. The van der Waals surface area contributed by atoms with Crippen molar-refractivity contribution in [3.63, 3.8) is 0 Å². The Morgan fingerprint density at radius 3 is 2.75 bits per heavy atom. The van der Waals surface area contributed by atoms with Gasteiger partial charge in [-0.3, -0.25) is 10.1 Å². The van der Waals surface area contributed by atoms with Gasteiger partial charge in [-0.05, 0) is 23.8 Å². The second-order valence-electron chi connectivity index (χ2n) is 2.94. The standard InChI is InChI=1S/C10H7N3O2S/c14-13(15)10-4-3-9(16-10)2-1-8-5-6-11-12-7-8/h1-7H/b2-1+. The van der Waals surface area contributed by atoms with Gasteiger partial charge in [0.25, 0.3) is 0 Å². The molecule has 6 heteroatoms. The molecular formula is C10H7N3O2S. The number of hydrogen-bond acceptors (Lipinski definition) is 5. The number of nitro groups is 1. The summed E-state index contributed by atoms with van der Waals surface area (Å²) in [4.78, 5) is 10.9. The molecule has 80 valence electrons. The maximum absolute atomic E-state index is 10.5. The molecule has 0 aromatic carbocycles. The predicted molar refractivity (Wildman–Crippen MR) is 61.9 cm³/mol. The molecule has 0 atom stereocenters. The van der Waals surface area contributed by atoms with E-state index in [2.05, 4.69) is 10.2 Å². The van der Waals surface area contributed by atoms with Crippen LogP contribution in [0.4, 0.5) is 5.00 Å². The molecule has 16 heavy (non-hydrogen) atoms. The number of rotatable bonds is 3. The van der Waals surface area contributed by atoms with Gasteiger partial charge in [0.05, 0.1) is 17.3 Å². The highest BCUT2D eigenvalue weighted by Gasteiger charge is 2.07. The first kappa shape index (κ1) is 10.4. The Morgan fingerprint density at radius 1 is 1.25 bits per heavy atom. The van der Waals surface area contributed by atoms with Crippen molar-refractivity contribution in [1.82, 2.24) is 10.2 Å². The lowest BCUT2D eigenvalue weighted by Gasteiger charge is -1.88. The fourth-order valence-corrected chi connectivity index (χ4v) is 1.83. The second-order valence-corrected chi connectivity index (χ2v) is 4.04. The molecule has 5 nitrogen and oxygen atoms in total. The smallest absolute Gasteiger partial charge is 0.258 e. The number of thiophene rings is 1. The Morgan fingerprint density at radius 2 is 2.12 bits per heavy atom. The van der Waals surface area contributed by atoms with Crippen molar-refractivity contribution in [3.8, 4) is 0 Å². The Kier molecular flexibility index (Phi) is 3.02. The third-order valence-corrected chi connectivity index (χ3v) is 2.84. The molecule has 0 saturated heterocycles. The van der Waals surface area contributed by atoms with E-state index in [1.165, 1.54) is 6.07 Å². The van der Waals surface area contributed by atoms with E-state index >= 15 is 0 Å². The quantitative estimate of drug-likeness (QED) is 0.603. The normalized spacial score (nSPS) is 10.8. The van der Waals surface area contributed by atoms with Gasteiger partial charge in [0.1, 0.15) is 0 Å². The van der Waals surface area contributed by atoms with Crippen LogP contribution in [0.2, 0.25) is 0 Å². The van der Waals surface area contributed by atoms with Gasteiger partial charge in [-0.15, -0.1) is 0 Å².